The predicted molar refractivity (Wildman–Crippen MR) is 180 cm³/mol. The topological polar surface area (TPSA) is 66.8 Å². The number of nitrogens with zero attached hydrogens (tertiary/aromatic N) is 1. The first-order valence-electron chi connectivity index (χ1n) is 16.7. The molecule has 0 spiro atoms. The number of benzene rings is 1. The van der Waals surface area contributed by atoms with Crippen molar-refractivity contribution in [3.8, 4) is 17.2 Å². The van der Waals surface area contributed by atoms with E-state index in [0.717, 1.165) is 61.6 Å². The van der Waals surface area contributed by atoms with Crippen LogP contribution < -0.4 is 19.8 Å². The van der Waals surface area contributed by atoms with Crippen molar-refractivity contribution in [1.29, 1.82) is 0 Å². The highest BCUT2D eigenvalue weighted by molar-refractivity contribution is 5.90. The number of fused-ring (bicyclic) bond motifs is 1. The number of esters is 1. The van der Waals surface area contributed by atoms with Crippen LogP contribution in [-0.2, 0) is 11.3 Å². The summed E-state index contributed by atoms with van der Waals surface area (Å²) in [6.07, 6.45) is 20.0. The normalized spacial score (nSPS) is 11.5. The van der Waals surface area contributed by atoms with E-state index in [0.29, 0.717) is 18.9 Å². The van der Waals surface area contributed by atoms with Gasteiger partial charge < -0.3 is 18.8 Å². The third-order valence-corrected chi connectivity index (χ3v) is 7.65. The van der Waals surface area contributed by atoms with E-state index in [1.807, 2.05) is 24.3 Å². The summed E-state index contributed by atoms with van der Waals surface area (Å²) in [6.45, 7) is 13.5. The van der Waals surface area contributed by atoms with E-state index in [4.69, 9.17) is 14.2 Å². The standard InChI is InChI=1S/C37H57NO5/c1-7-9-11-13-15-17-25-38-34-28-32(41-26-18-16-14-12-10-8-2)22-23-33(34)35(36(37(38)40)43-31(6)39)42-27-24-30(5)21-19-20-29(3)4/h20,22-24,28H,7-19,21,25-27H2,1-6H3/b30-24+. The number of aromatic nitrogens is 1. The average molecular weight is 596 g/mol. The molecule has 2 aromatic rings. The summed E-state index contributed by atoms with van der Waals surface area (Å²) in [4.78, 5) is 25.9. The van der Waals surface area contributed by atoms with Crippen LogP contribution in [0.1, 0.15) is 131 Å². The van der Waals surface area contributed by atoms with Gasteiger partial charge in [0.1, 0.15) is 12.4 Å². The molecule has 0 aliphatic carbocycles. The van der Waals surface area contributed by atoms with E-state index in [-0.39, 0.29) is 17.9 Å². The van der Waals surface area contributed by atoms with Crippen molar-refractivity contribution in [3.05, 3.63) is 51.9 Å². The maximum absolute atomic E-state index is 13.8. The molecule has 0 fully saturated rings. The Morgan fingerprint density at radius 2 is 1.44 bits per heavy atom. The molecule has 6 nitrogen and oxygen atoms in total. The van der Waals surface area contributed by atoms with E-state index >= 15 is 0 Å². The van der Waals surface area contributed by atoms with Gasteiger partial charge in [-0.15, -0.1) is 0 Å². The zero-order chi connectivity index (χ0) is 31.5. The molecule has 43 heavy (non-hydrogen) atoms. The lowest BCUT2D eigenvalue weighted by molar-refractivity contribution is -0.132. The Hall–Kier alpha value is -3.02. The molecule has 0 unspecified atom stereocenters. The van der Waals surface area contributed by atoms with Gasteiger partial charge in [0.05, 0.1) is 12.1 Å². The molecule has 0 atom stereocenters. The number of pyridine rings is 1. The smallest absolute Gasteiger partial charge is 0.308 e. The second-order valence-electron chi connectivity index (χ2n) is 12.0. The Kier molecular flexibility index (Phi) is 17.5. The molecule has 1 aromatic carbocycles. The largest absolute Gasteiger partial charge is 0.494 e. The second-order valence-corrected chi connectivity index (χ2v) is 12.0. The molecule has 0 radical (unpaired) electrons. The van der Waals surface area contributed by atoms with Gasteiger partial charge in [-0.3, -0.25) is 9.59 Å². The molecule has 2 rings (SSSR count). The molecule has 6 heteroatoms. The van der Waals surface area contributed by atoms with E-state index in [9.17, 15) is 9.59 Å². The number of carbonyl (C=O) groups excluding carboxylic acids is 1. The van der Waals surface area contributed by atoms with Crippen LogP contribution in [0.2, 0.25) is 0 Å². The number of hydrogen-bond acceptors (Lipinski definition) is 5. The molecular formula is C37H57NO5. The quantitative estimate of drug-likeness (QED) is 0.0770. The van der Waals surface area contributed by atoms with Crippen LogP contribution in [0, 0.1) is 0 Å². The number of carbonyl (C=O) groups is 1. The number of rotatable bonds is 22. The van der Waals surface area contributed by atoms with Crippen LogP contribution in [0.15, 0.2) is 46.3 Å². The number of allylic oxidation sites excluding steroid dienone is 3. The lowest BCUT2D eigenvalue weighted by atomic mass is 10.1. The van der Waals surface area contributed by atoms with Gasteiger partial charge in [-0.2, -0.15) is 0 Å². The summed E-state index contributed by atoms with van der Waals surface area (Å²) in [5.74, 6) is 0.464. The van der Waals surface area contributed by atoms with Gasteiger partial charge in [-0.25, -0.2) is 0 Å². The molecule has 0 aliphatic rings. The Labute approximate surface area is 260 Å². The fraction of sp³-hybridized carbons (Fsp3) is 0.622. The minimum atomic E-state index is -0.542. The zero-order valence-electron chi connectivity index (χ0n) is 27.9. The first kappa shape index (κ1) is 36.2. The second kappa shape index (κ2) is 20.8. The third-order valence-electron chi connectivity index (χ3n) is 7.65. The summed E-state index contributed by atoms with van der Waals surface area (Å²) in [7, 11) is 0. The fourth-order valence-corrected chi connectivity index (χ4v) is 5.15. The van der Waals surface area contributed by atoms with Crippen molar-refractivity contribution in [3.63, 3.8) is 0 Å². The highest BCUT2D eigenvalue weighted by atomic mass is 16.6. The lowest BCUT2D eigenvalue weighted by Gasteiger charge is -2.18. The Bertz CT molecular complexity index is 1240. The third kappa shape index (κ3) is 13.4. The van der Waals surface area contributed by atoms with Crippen LogP contribution in [0.4, 0.5) is 0 Å². The zero-order valence-corrected chi connectivity index (χ0v) is 27.9. The summed E-state index contributed by atoms with van der Waals surface area (Å²) < 4.78 is 19.6. The van der Waals surface area contributed by atoms with Gasteiger partial charge in [0.15, 0.2) is 5.75 Å². The highest BCUT2D eigenvalue weighted by Crippen LogP contribution is 2.35. The summed E-state index contributed by atoms with van der Waals surface area (Å²) >= 11 is 0. The monoisotopic (exact) mass is 595 g/mol. The Morgan fingerprint density at radius 3 is 2.09 bits per heavy atom. The SMILES string of the molecule is CCCCCCCCOc1ccc2c(OC/C=C(\C)CCC=C(C)C)c(OC(C)=O)c(=O)n(CCCCCCCC)c2c1. The molecule has 240 valence electrons. The van der Waals surface area contributed by atoms with Crippen LogP contribution in [0.3, 0.4) is 0 Å². The maximum Gasteiger partial charge on any atom is 0.308 e. The molecule has 0 N–H and O–H groups in total. The average Bonchev–Trinajstić information content (AvgIpc) is 2.96. The van der Waals surface area contributed by atoms with Crippen molar-refractivity contribution in [2.45, 2.75) is 138 Å². The van der Waals surface area contributed by atoms with E-state index in [1.165, 1.54) is 63.0 Å². The molecule has 0 saturated heterocycles. The van der Waals surface area contributed by atoms with Crippen LogP contribution in [0.25, 0.3) is 10.9 Å². The van der Waals surface area contributed by atoms with Crippen molar-refractivity contribution in [1.82, 2.24) is 4.57 Å². The fourth-order valence-electron chi connectivity index (χ4n) is 5.15. The summed E-state index contributed by atoms with van der Waals surface area (Å²) in [6, 6.07) is 5.79. The molecule has 0 bridgehead atoms. The maximum atomic E-state index is 13.8. The molecule has 0 aliphatic heterocycles. The van der Waals surface area contributed by atoms with E-state index in [1.54, 1.807) is 4.57 Å². The molecular weight excluding hydrogens is 538 g/mol. The van der Waals surface area contributed by atoms with Gasteiger partial charge in [0.25, 0.3) is 5.56 Å². The lowest BCUT2D eigenvalue weighted by Crippen LogP contribution is -2.25. The van der Waals surface area contributed by atoms with Crippen LogP contribution >= 0.6 is 0 Å². The summed E-state index contributed by atoms with van der Waals surface area (Å²) in [5, 5.41) is 0.740. The van der Waals surface area contributed by atoms with E-state index in [2.05, 4.69) is 40.7 Å². The summed E-state index contributed by atoms with van der Waals surface area (Å²) in [5.41, 5.74) is 2.91. The van der Waals surface area contributed by atoms with Crippen molar-refractivity contribution in [2.24, 2.45) is 0 Å². The first-order chi connectivity index (χ1) is 20.8. The van der Waals surface area contributed by atoms with Crippen LogP contribution in [-0.4, -0.2) is 23.8 Å². The van der Waals surface area contributed by atoms with Crippen molar-refractivity contribution < 1.29 is 19.0 Å². The van der Waals surface area contributed by atoms with Crippen LogP contribution in [0.5, 0.6) is 17.2 Å². The number of unbranched alkanes of at least 4 members (excludes halogenated alkanes) is 10. The minimum Gasteiger partial charge on any atom is -0.494 e. The number of ether oxygens (including phenoxy) is 3. The van der Waals surface area contributed by atoms with Gasteiger partial charge in [0, 0.05) is 24.9 Å². The molecule has 1 aromatic heterocycles. The first-order valence-corrected chi connectivity index (χ1v) is 16.7. The van der Waals surface area contributed by atoms with Gasteiger partial charge >= 0.3 is 5.97 Å². The Morgan fingerprint density at radius 1 is 0.791 bits per heavy atom. The predicted octanol–water partition coefficient (Wildman–Crippen LogP) is 10.1. The Balaban J connectivity index is 2.37. The van der Waals surface area contributed by atoms with Crippen molar-refractivity contribution >= 4 is 16.9 Å². The van der Waals surface area contributed by atoms with Gasteiger partial charge in [0.2, 0.25) is 5.75 Å². The number of aryl methyl sites for hydroxylation is 1. The molecule has 0 amide bonds. The van der Waals surface area contributed by atoms with Crippen molar-refractivity contribution in [2.75, 3.05) is 13.2 Å². The molecule has 1 heterocycles. The molecule has 0 saturated carbocycles. The van der Waals surface area contributed by atoms with E-state index < -0.39 is 5.97 Å². The van der Waals surface area contributed by atoms with Gasteiger partial charge in [-0.1, -0.05) is 95.3 Å². The highest BCUT2D eigenvalue weighted by Gasteiger charge is 2.21. The van der Waals surface area contributed by atoms with Gasteiger partial charge in [-0.05, 0) is 64.7 Å². The minimum absolute atomic E-state index is 0.0395. The number of hydrogen-bond donors (Lipinski definition) is 0.